The summed E-state index contributed by atoms with van der Waals surface area (Å²) in [7, 11) is 0. The van der Waals surface area contributed by atoms with Gasteiger partial charge in [-0.2, -0.15) is 5.10 Å². The van der Waals surface area contributed by atoms with Crippen molar-refractivity contribution < 1.29 is 4.79 Å². The predicted molar refractivity (Wildman–Crippen MR) is 67.1 cm³/mol. The lowest BCUT2D eigenvalue weighted by Crippen LogP contribution is -2.17. The Balaban J connectivity index is 2.24. The van der Waals surface area contributed by atoms with Gasteiger partial charge in [0.2, 0.25) is 0 Å². The minimum atomic E-state index is -0.568. The maximum absolute atomic E-state index is 11.8. The highest BCUT2D eigenvalue weighted by molar-refractivity contribution is 6.35. The lowest BCUT2D eigenvalue weighted by molar-refractivity contribution is 0.102. The van der Waals surface area contributed by atoms with Crippen LogP contribution < -0.4 is 10.9 Å². The van der Waals surface area contributed by atoms with Crippen LogP contribution >= 0.6 is 23.2 Å². The van der Waals surface area contributed by atoms with Gasteiger partial charge in [0, 0.05) is 6.07 Å². The van der Waals surface area contributed by atoms with Crippen LogP contribution in [0.4, 0.5) is 5.82 Å². The topological polar surface area (TPSA) is 87.7 Å². The summed E-state index contributed by atoms with van der Waals surface area (Å²) in [5, 5.41) is 8.55. The molecule has 0 aliphatic heterocycles. The summed E-state index contributed by atoms with van der Waals surface area (Å²) in [5.74, 6) is -0.389. The Morgan fingerprint density at radius 2 is 2.00 bits per heavy atom. The van der Waals surface area contributed by atoms with Crippen LogP contribution in [-0.4, -0.2) is 21.1 Å². The summed E-state index contributed by atoms with van der Waals surface area (Å²) < 4.78 is 0. The van der Waals surface area contributed by atoms with E-state index in [1.807, 2.05) is 0 Å². The summed E-state index contributed by atoms with van der Waals surface area (Å²) in [4.78, 5) is 26.4. The highest BCUT2D eigenvalue weighted by Gasteiger charge is 2.13. The van der Waals surface area contributed by atoms with E-state index in [0.29, 0.717) is 0 Å². The molecule has 0 aliphatic carbocycles. The Hall–Kier alpha value is -1.92. The van der Waals surface area contributed by atoms with E-state index in [2.05, 4.69) is 20.5 Å². The maximum atomic E-state index is 11.8. The lowest BCUT2D eigenvalue weighted by Gasteiger charge is -2.04. The molecule has 0 atom stereocenters. The third-order valence-electron chi connectivity index (χ3n) is 1.95. The Labute approximate surface area is 111 Å². The second-order valence-electron chi connectivity index (χ2n) is 3.22. The minimum absolute atomic E-state index is 0.0165. The molecule has 6 nitrogen and oxygen atoms in total. The number of hydrogen-bond donors (Lipinski definition) is 2. The molecule has 0 unspecified atom stereocenters. The van der Waals surface area contributed by atoms with Crippen LogP contribution in [0, 0.1) is 0 Å². The fourth-order valence-corrected chi connectivity index (χ4v) is 1.51. The van der Waals surface area contributed by atoms with E-state index in [0.717, 1.165) is 0 Å². The smallest absolute Gasteiger partial charge is 0.277 e. The van der Waals surface area contributed by atoms with E-state index in [4.69, 9.17) is 23.2 Å². The SMILES string of the molecule is O=C(Nc1ccc(=O)[nH]n1)c1nc(Cl)ccc1Cl. The first-order valence-corrected chi connectivity index (χ1v) is 5.51. The summed E-state index contributed by atoms with van der Waals surface area (Å²) in [5.41, 5.74) is -0.385. The molecule has 0 fully saturated rings. The minimum Gasteiger partial charge on any atom is -0.304 e. The molecule has 0 spiro atoms. The van der Waals surface area contributed by atoms with Crippen LogP contribution in [0.3, 0.4) is 0 Å². The number of nitrogens with one attached hydrogen (secondary N) is 2. The highest BCUT2D eigenvalue weighted by atomic mass is 35.5. The van der Waals surface area contributed by atoms with Gasteiger partial charge in [0.15, 0.2) is 5.82 Å². The van der Waals surface area contributed by atoms with Gasteiger partial charge in [-0.15, -0.1) is 0 Å². The maximum Gasteiger partial charge on any atom is 0.277 e. The lowest BCUT2D eigenvalue weighted by atomic mass is 10.3. The van der Waals surface area contributed by atoms with Gasteiger partial charge < -0.3 is 5.32 Å². The van der Waals surface area contributed by atoms with E-state index in [-0.39, 0.29) is 27.2 Å². The molecule has 0 saturated heterocycles. The summed E-state index contributed by atoms with van der Waals surface area (Å²) >= 11 is 11.5. The van der Waals surface area contributed by atoms with Crippen LogP contribution in [0.2, 0.25) is 10.2 Å². The molecule has 2 N–H and O–H groups in total. The first-order valence-electron chi connectivity index (χ1n) is 4.75. The summed E-state index contributed by atoms with van der Waals surface area (Å²) in [6, 6.07) is 5.52. The van der Waals surface area contributed by atoms with Crippen LogP contribution in [0.15, 0.2) is 29.1 Å². The zero-order valence-corrected chi connectivity index (χ0v) is 10.3. The molecule has 18 heavy (non-hydrogen) atoms. The standard InChI is InChI=1S/C10H6Cl2N4O2/c11-5-1-2-6(12)13-9(5)10(18)14-7-3-4-8(17)16-15-7/h1-4H,(H,16,17)(H,14,15,18). The summed E-state index contributed by atoms with van der Waals surface area (Å²) in [6.07, 6.45) is 0. The molecule has 2 aromatic rings. The Kier molecular flexibility index (Phi) is 3.59. The molecule has 2 rings (SSSR count). The first-order chi connectivity index (χ1) is 8.56. The number of carbonyl (C=O) groups excluding carboxylic acids is 1. The molecule has 2 aromatic heterocycles. The van der Waals surface area contributed by atoms with E-state index in [9.17, 15) is 9.59 Å². The van der Waals surface area contributed by atoms with Crippen LogP contribution in [0.25, 0.3) is 0 Å². The second kappa shape index (κ2) is 5.16. The van der Waals surface area contributed by atoms with E-state index in [1.165, 1.54) is 24.3 Å². The van der Waals surface area contributed by atoms with Crippen molar-refractivity contribution in [2.75, 3.05) is 5.32 Å². The van der Waals surface area contributed by atoms with Crippen molar-refractivity contribution in [1.82, 2.24) is 15.2 Å². The predicted octanol–water partition coefficient (Wildman–Crippen LogP) is 1.72. The van der Waals surface area contributed by atoms with Crippen LogP contribution in [0.1, 0.15) is 10.5 Å². The third kappa shape index (κ3) is 2.85. The number of carbonyl (C=O) groups is 1. The molecule has 8 heteroatoms. The molecule has 0 saturated carbocycles. The Morgan fingerprint density at radius 3 is 2.67 bits per heavy atom. The number of halogens is 2. The van der Waals surface area contributed by atoms with Gasteiger partial charge in [0.1, 0.15) is 10.8 Å². The average Bonchev–Trinajstić information content (AvgIpc) is 2.35. The van der Waals surface area contributed by atoms with Crippen LogP contribution in [0.5, 0.6) is 0 Å². The fraction of sp³-hybridized carbons (Fsp3) is 0. The number of nitrogens with zero attached hydrogens (tertiary/aromatic N) is 2. The number of anilines is 1. The van der Waals surface area contributed by atoms with E-state index >= 15 is 0 Å². The van der Waals surface area contributed by atoms with Crippen molar-refractivity contribution in [3.05, 3.63) is 50.5 Å². The van der Waals surface area contributed by atoms with Crippen LogP contribution in [-0.2, 0) is 0 Å². The normalized spacial score (nSPS) is 10.1. The summed E-state index contributed by atoms with van der Waals surface area (Å²) in [6.45, 7) is 0. The molecule has 0 aromatic carbocycles. The molecule has 0 aliphatic rings. The molecule has 2 heterocycles. The van der Waals surface area contributed by atoms with Crippen molar-refractivity contribution in [2.24, 2.45) is 0 Å². The molecule has 92 valence electrons. The van der Waals surface area contributed by atoms with Crippen molar-refractivity contribution >= 4 is 34.9 Å². The van der Waals surface area contributed by atoms with Gasteiger partial charge in [-0.1, -0.05) is 23.2 Å². The molecule has 0 radical (unpaired) electrons. The van der Waals surface area contributed by atoms with Gasteiger partial charge >= 0.3 is 0 Å². The zero-order chi connectivity index (χ0) is 13.1. The zero-order valence-electron chi connectivity index (χ0n) is 8.78. The average molecular weight is 285 g/mol. The number of amides is 1. The van der Waals surface area contributed by atoms with E-state index < -0.39 is 5.91 Å². The molecular formula is C10H6Cl2N4O2. The van der Waals surface area contributed by atoms with Crippen molar-refractivity contribution in [3.8, 4) is 0 Å². The second-order valence-corrected chi connectivity index (χ2v) is 4.02. The Bertz CT molecular complexity index is 636. The van der Waals surface area contributed by atoms with E-state index in [1.54, 1.807) is 0 Å². The number of aromatic nitrogens is 3. The van der Waals surface area contributed by atoms with Crippen molar-refractivity contribution in [2.45, 2.75) is 0 Å². The molecular weight excluding hydrogens is 279 g/mol. The number of hydrogen-bond acceptors (Lipinski definition) is 4. The van der Waals surface area contributed by atoms with Crippen molar-refractivity contribution in [3.63, 3.8) is 0 Å². The van der Waals surface area contributed by atoms with Gasteiger partial charge in [-0.25, -0.2) is 10.1 Å². The Morgan fingerprint density at radius 1 is 1.22 bits per heavy atom. The number of rotatable bonds is 2. The highest BCUT2D eigenvalue weighted by Crippen LogP contribution is 2.17. The van der Waals surface area contributed by atoms with Gasteiger partial charge in [0.05, 0.1) is 5.02 Å². The third-order valence-corrected chi connectivity index (χ3v) is 2.46. The largest absolute Gasteiger partial charge is 0.304 e. The van der Waals surface area contributed by atoms with Gasteiger partial charge in [-0.3, -0.25) is 9.59 Å². The first kappa shape index (κ1) is 12.5. The molecule has 0 bridgehead atoms. The number of aromatic amines is 1. The van der Waals surface area contributed by atoms with Crippen molar-refractivity contribution in [1.29, 1.82) is 0 Å². The fourth-order valence-electron chi connectivity index (χ4n) is 1.17. The van der Waals surface area contributed by atoms with Gasteiger partial charge in [0.25, 0.3) is 11.5 Å². The number of pyridine rings is 1. The monoisotopic (exact) mass is 284 g/mol. The quantitative estimate of drug-likeness (QED) is 0.822. The number of H-pyrrole nitrogens is 1. The van der Waals surface area contributed by atoms with Gasteiger partial charge in [-0.05, 0) is 18.2 Å². The molecule has 1 amide bonds.